The lowest BCUT2D eigenvalue weighted by Gasteiger charge is -2.12. The van der Waals surface area contributed by atoms with E-state index < -0.39 is 0 Å². The second kappa shape index (κ2) is 6.53. The number of amides is 1. The zero-order chi connectivity index (χ0) is 15.5. The SMILES string of the molecule is Cc1ccccc1NC(=O)c1c(N)sc2c1CCCCCC2. The molecule has 0 spiro atoms. The number of anilines is 2. The number of benzene rings is 1. The van der Waals surface area contributed by atoms with Gasteiger partial charge in [-0.15, -0.1) is 11.3 Å². The molecule has 0 atom stereocenters. The molecule has 3 rings (SSSR count). The molecule has 1 heterocycles. The van der Waals surface area contributed by atoms with Crippen molar-refractivity contribution >= 4 is 27.9 Å². The molecular formula is C18H22N2OS. The molecule has 1 aliphatic carbocycles. The predicted molar refractivity (Wildman–Crippen MR) is 93.7 cm³/mol. The first-order chi connectivity index (χ1) is 10.7. The summed E-state index contributed by atoms with van der Waals surface area (Å²) in [6, 6.07) is 7.83. The number of carbonyl (C=O) groups is 1. The fraction of sp³-hybridized carbons (Fsp3) is 0.389. The summed E-state index contributed by atoms with van der Waals surface area (Å²) in [5, 5.41) is 3.69. The topological polar surface area (TPSA) is 55.1 Å². The van der Waals surface area contributed by atoms with E-state index in [0.29, 0.717) is 10.6 Å². The second-order valence-corrected chi connectivity index (χ2v) is 7.06. The third kappa shape index (κ3) is 3.02. The van der Waals surface area contributed by atoms with Crippen LogP contribution in [-0.4, -0.2) is 5.91 Å². The van der Waals surface area contributed by atoms with Crippen LogP contribution in [0.1, 0.15) is 52.0 Å². The summed E-state index contributed by atoms with van der Waals surface area (Å²) in [5.74, 6) is -0.0649. The maximum Gasteiger partial charge on any atom is 0.258 e. The zero-order valence-corrected chi connectivity index (χ0v) is 13.8. The standard InChI is InChI=1S/C18H22N2OS/c1-12-8-6-7-10-14(12)20-18(21)16-13-9-4-2-3-5-11-15(13)22-17(16)19/h6-8,10H,2-5,9,11,19H2,1H3,(H,20,21). The van der Waals surface area contributed by atoms with Gasteiger partial charge in [0.2, 0.25) is 0 Å². The highest BCUT2D eigenvalue weighted by atomic mass is 32.1. The van der Waals surface area contributed by atoms with Crippen molar-refractivity contribution in [2.24, 2.45) is 0 Å². The summed E-state index contributed by atoms with van der Waals surface area (Å²) in [4.78, 5) is 14.0. The molecule has 2 aromatic rings. The Kier molecular flexibility index (Phi) is 4.48. The van der Waals surface area contributed by atoms with Crippen LogP contribution in [0.25, 0.3) is 0 Å². The van der Waals surface area contributed by atoms with Crippen molar-refractivity contribution in [1.82, 2.24) is 0 Å². The van der Waals surface area contributed by atoms with Gasteiger partial charge in [0.15, 0.2) is 0 Å². The van der Waals surface area contributed by atoms with Gasteiger partial charge in [0.25, 0.3) is 5.91 Å². The fourth-order valence-corrected chi connectivity index (χ4v) is 4.24. The molecule has 22 heavy (non-hydrogen) atoms. The molecule has 0 unspecified atom stereocenters. The van der Waals surface area contributed by atoms with E-state index in [9.17, 15) is 4.79 Å². The normalized spacial score (nSPS) is 14.8. The zero-order valence-electron chi connectivity index (χ0n) is 12.9. The highest BCUT2D eigenvalue weighted by molar-refractivity contribution is 7.16. The number of thiophene rings is 1. The first kappa shape index (κ1) is 15.1. The number of hydrogen-bond donors (Lipinski definition) is 2. The lowest BCUT2D eigenvalue weighted by atomic mass is 9.96. The van der Waals surface area contributed by atoms with Crippen molar-refractivity contribution in [3.63, 3.8) is 0 Å². The molecule has 0 radical (unpaired) electrons. The van der Waals surface area contributed by atoms with Gasteiger partial charge in [0, 0.05) is 10.6 Å². The van der Waals surface area contributed by atoms with Crippen LogP contribution in [0, 0.1) is 6.92 Å². The average Bonchev–Trinajstić information content (AvgIpc) is 2.77. The van der Waals surface area contributed by atoms with Gasteiger partial charge in [-0.25, -0.2) is 0 Å². The summed E-state index contributed by atoms with van der Waals surface area (Å²) in [7, 11) is 0. The summed E-state index contributed by atoms with van der Waals surface area (Å²) in [5.41, 5.74) is 10.00. The Morgan fingerprint density at radius 2 is 1.86 bits per heavy atom. The summed E-state index contributed by atoms with van der Waals surface area (Å²) in [6.07, 6.45) is 6.90. The molecule has 4 heteroatoms. The molecule has 3 nitrogen and oxygen atoms in total. The first-order valence-electron chi connectivity index (χ1n) is 7.94. The van der Waals surface area contributed by atoms with Crippen LogP contribution in [0.15, 0.2) is 24.3 Å². The van der Waals surface area contributed by atoms with Gasteiger partial charge in [0.05, 0.1) is 10.6 Å². The van der Waals surface area contributed by atoms with Crippen LogP contribution < -0.4 is 11.1 Å². The highest BCUT2D eigenvalue weighted by Gasteiger charge is 2.23. The summed E-state index contributed by atoms with van der Waals surface area (Å²) >= 11 is 1.60. The summed E-state index contributed by atoms with van der Waals surface area (Å²) in [6.45, 7) is 2.00. The van der Waals surface area contributed by atoms with Gasteiger partial charge in [-0.05, 0) is 49.8 Å². The molecule has 1 aromatic carbocycles. The second-order valence-electron chi connectivity index (χ2n) is 5.93. The maximum absolute atomic E-state index is 12.7. The summed E-state index contributed by atoms with van der Waals surface area (Å²) < 4.78 is 0. The van der Waals surface area contributed by atoms with Crippen molar-refractivity contribution in [3.05, 3.63) is 45.8 Å². The van der Waals surface area contributed by atoms with E-state index in [1.54, 1.807) is 11.3 Å². The van der Waals surface area contributed by atoms with Crippen molar-refractivity contribution in [2.45, 2.75) is 45.4 Å². The van der Waals surface area contributed by atoms with Crippen LogP contribution in [-0.2, 0) is 12.8 Å². The van der Waals surface area contributed by atoms with Crippen LogP contribution in [0.4, 0.5) is 10.7 Å². The molecule has 0 bridgehead atoms. The van der Waals surface area contributed by atoms with Crippen LogP contribution >= 0.6 is 11.3 Å². The average molecular weight is 314 g/mol. The smallest absolute Gasteiger partial charge is 0.258 e. The molecule has 0 saturated carbocycles. The van der Waals surface area contributed by atoms with Gasteiger partial charge in [0.1, 0.15) is 0 Å². The van der Waals surface area contributed by atoms with E-state index in [4.69, 9.17) is 5.73 Å². The number of nitrogens with one attached hydrogen (secondary N) is 1. The molecule has 0 saturated heterocycles. The monoisotopic (exact) mass is 314 g/mol. The van der Waals surface area contributed by atoms with Gasteiger partial charge in [-0.2, -0.15) is 0 Å². The molecular weight excluding hydrogens is 292 g/mol. The first-order valence-corrected chi connectivity index (χ1v) is 8.75. The van der Waals surface area contributed by atoms with Crippen LogP contribution in [0.3, 0.4) is 0 Å². The number of nitrogen functional groups attached to an aromatic ring is 1. The Labute approximate surface area is 135 Å². The van der Waals surface area contributed by atoms with Gasteiger partial charge >= 0.3 is 0 Å². The molecule has 3 N–H and O–H groups in total. The minimum Gasteiger partial charge on any atom is -0.390 e. The van der Waals surface area contributed by atoms with Crippen LogP contribution in [0.5, 0.6) is 0 Å². The van der Waals surface area contributed by atoms with Gasteiger partial charge in [-0.3, -0.25) is 4.79 Å². The number of aryl methyl sites for hydroxylation is 2. The molecule has 1 aliphatic rings. The number of nitrogens with two attached hydrogens (primary N) is 1. The number of rotatable bonds is 2. The van der Waals surface area contributed by atoms with Crippen molar-refractivity contribution < 1.29 is 4.79 Å². The Hall–Kier alpha value is -1.81. The Morgan fingerprint density at radius 1 is 1.14 bits per heavy atom. The van der Waals surface area contributed by atoms with E-state index in [1.807, 2.05) is 31.2 Å². The molecule has 0 aliphatic heterocycles. The highest BCUT2D eigenvalue weighted by Crippen LogP contribution is 2.35. The number of hydrogen-bond acceptors (Lipinski definition) is 3. The van der Waals surface area contributed by atoms with Crippen LogP contribution in [0.2, 0.25) is 0 Å². The molecule has 0 fully saturated rings. The number of carbonyl (C=O) groups excluding carboxylic acids is 1. The van der Waals surface area contributed by atoms with Crippen molar-refractivity contribution in [3.8, 4) is 0 Å². The Balaban J connectivity index is 1.91. The minimum absolute atomic E-state index is 0.0649. The Bertz CT molecular complexity index is 690. The van der Waals surface area contributed by atoms with E-state index >= 15 is 0 Å². The van der Waals surface area contributed by atoms with Crippen molar-refractivity contribution in [1.29, 1.82) is 0 Å². The predicted octanol–water partition coefficient (Wildman–Crippen LogP) is 4.55. The number of para-hydroxylation sites is 1. The number of fused-ring (bicyclic) bond motifs is 1. The minimum atomic E-state index is -0.0649. The Morgan fingerprint density at radius 3 is 2.64 bits per heavy atom. The fourth-order valence-electron chi connectivity index (χ4n) is 3.09. The van der Waals surface area contributed by atoms with E-state index in [0.717, 1.165) is 30.5 Å². The van der Waals surface area contributed by atoms with E-state index in [1.165, 1.54) is 29.7 Å². The maximum atomic E-state index is 12.7. The quantitative estimate of drug-likeness (QED) is 0.854. The molecule has 1 aromatic heterocycles. The van der Waals surface area contributed by atoms with Crippen molar-refractivity contribution in [2.75, 3.05) is 11.1 Å². The van der Waals surface area contributed by atoms with Gasteiger partial charge in [-0.1, -0.05) is 31.0 Å². The van der Waals surface area contributed by atoms with E-state index in [-0.39, 0.29) is 5.91 Å². The lowest BCUT2D eigenvalue weighted by molar-refractivity contribution is 0.102. The van der Waals surface area contributed by atoms with E-state index in [2.05, 4.69) is 5.32 Å². The largest absolute Gasteiger partial charge is 0.390 e. The third-order valence-electron chi connectivity index (χ3n) is 4.32. The molecule has 1 amide bonds. The third-order valence-corrected chi connectivity index (χ3v) is 5.44. The molecule has 116 valence electrons. The van der Waals surface area contributed by atoms with Gasteiger partial charge < -0.3 is 11.1 Å². The lowest BCUT2D eigenvalue weighted by Crippen LogP contribution is -2.16.